The Hall–Kier alpha value is -3.90. The number of aliphatic hydroxyl groups excluding tert-OH is 2. The number of nitrogens with zero attached hydrogens (tertiary/aromatic N) is 2. The van der Waals surface area contributed by atoms with Crippen LogP contribution in [-0.4, -0.2) is 95.2 Å². The lowest BCUT2D eigenvalue weighted by atomic mass is 9.57. The number of carbonyl (C=O) groups excluding carboxylic acids is 4. The number of likely N-dealkylation sites (N-methyl/N-ethyl adjacent to an activating group) is 1. The average Bonchev–Trinajstić information content (AvgIpc) is 2.93. The van der Waals surface area contributed by atoms with Gasteiger partial charge in [0, 0.05) is 37.7 Å². The van der Waals surface area contributed by atoms with Gasteiger partial charge < -0.3 is 35.8 Å². The molecule has 12 heteroatoms. The number of anilines is 1. The van der Waals surface area contributed by atoms with Gasteiger partial charge >= 0.3 is 5.97 Å². The predicted molar refractivity (Wildman–Crippen MR) is 162 cm³/mol. The van der Waals surface area contributed by atoms with Gasteiger partial charge in [-0.2, -0.15) is 0 Å². The van der Waals surface area contributed by atoms with Crippen LogP contribution in [0.4, 0.5) is 5.69 Å². The van der Waals surface area contributed by atoms with E-state index in [2.05, 4.69) is 6.92 Å². The van der Waals surface area contributed by atoms with Crippen molar-refractivity contribution >= 4 is 34.9 Å². The van der Waals surface area contributed by atoms with Crippen molar-refractivity contribution < 1.29 is 44.3 Å². The number of aromatic hydroxyl groups is 1. The van der Waals surface area contributed by atoms with E-state index in [0.29, 0.717) is 23.4 Å². The summed E-state index contributed by atoms with van der Waals surface area (Å²) >= 11 is 0. The summed E-state index contributed by atoms with van der Waals surface area (Å²) in [5.41, 5.74) is 3.16. The molecule has 0 spiro atoms. The highest BCUT2D eigenvalue weighted by molar-refractivity contribution is 6.24. The number of carbonyl (C=O) groups is 4. The smallest absolute Gasteiger partial charge is 0.306 e. The maximum atomic E-state index is 14.1. The van der Waals surface area contributed by atoms with Gasteiger partial charge in [-0.1, -0.05) is 26.2 Å². The summed E-state index contributed by atoms with van der Waals surface area (Å²) in [6, 6.07) is 0.588. The summed E-state index contributed by atoms with van der Waals surface area (Å²) in [5.74, 6) is -7.41. The summed E-state index contributed by atoms with van der Waals surface area (Å²) in [5, 5.41) is 45.8. The summed E-state index contributed by atoms with van der Waals surface area (Å²) in [6.07, 6.45) is 4.14. The highest BCUT2D eigenvalue weighted by atomic mass is 16.5. The number of ether oxygens (including phenoxy) is 1. The van der Waals surface area contributed by atoms with Crippen molar-refractivity contribution in [3.8, 4) is 5.75 Å². The number of phenolic OH excluding ortho intramolecular Hbond substituents is 1. The second-order valence-corrected chi connectivity index (χ2v) is 12.4. The third kappa shape index (κ3) is 5.45. The third-order valence-electron chi connectivity index (χ3n) is 9.12. The standard InChI is InChI=1S/C32H43N3O9/c1-6-7-8-9-12-44-21(36)11-10-16-15-20(34(2)3)18-13-17-14-19-25(35(4)5)28(39)24(31(33)42)30(41)32(19,43)29(40)22(17)27(38)23(18)26(16)37/h15,17,19,25,37-38,41,43H,6-14H2,1-5H3,(H2,33,42)/t17-,19-,25+,32-/m0/s1. The minimum Gasteiger partial charge on any atom is -0.508 e. The fraction of sp³-hybridized carbons (Fsp3) is 0.562. The van der Waals surface area contributed by atoms with E-state index in [-0.39, 0.29) is 42.6 Å². The van der Waals surface area contributed by atoms with Gasteiger partial charge in [0.2, 0.25) is 5.78 Å². The molecule has 3 aliphatic carbocycles. The zero-order valence-corrected chi connectivity index (χ0v) is 26.0. The average molecular weight is 614 g/mol. The topological polar surface area (TPSA) is 191 Å². The molecule has 0 saturated heterocycles. The minimum absolute atomic E-state index is 0.00424. The van der Waals surface area contributed by atoms with Gasteiger partial charge in [-0.15, -0.1) is 0 Å². The number of hydrogen-bond acceptors (Lipinski definition) is 11. The molecule has 1 aromatic carbocycles. The highest BCUT2D eigenvalue weighted by Gasteiger charge is 2.64. The predicted octanol–water partition coefficient (Wildman–Crippen LogP) is 2.09. The van der Waals surface area contributed by atoms with Crippen molar-refractivity contribution in [2.45, 2.75) is 69.9 Å². The van der Waals surface area contributed by atoms with E-state index < -0.39 is 64.0 Å². The molecule has 6 N–H and O–H groups in total. The fourth-order valence-corrected chi connectivity index (χ4v) is 6.96. The van der Waals surface area contributed by atoms with E-state index in [9.17, 15) is 39.6 Å². The summed E-state index contributed by atoms with van der Waals surface area (Å²) < 4.78 is 5.33. The number of unbranched alkanes of at least 4 members (excludes halogenated alkanes) is 3. The lowest BCUT2D eigenvalue weighted by molar-refractivity contribution is -0.153. The van der Waals surface area contributed by atoms with E-state index in [0.717, 1.165) is 25.7 Å². The zero-order valence-electron chi connectivity index (χ0n) is 26.0. The fourth-order valence-electron chi connectivity index (χ4n) is 6.96. The number of amides is 1. The zero-order chi connectivity index (χ0) is 32.7. The van der Waals surface area contributed by atoms with E-state index in [1.54, 1.807) is 39.2 Å². The molecular formula is C32H43N3O9. The Morgan fingerprint density at radius 3 is 2.36 bits per heavy atom. The van der Waals surface area contributed by atoms with Crippen molar-refractivity contribution in [1.29, 1.82) is 0 Å². The number of esters is 1. The largest absolute Gasteiger partial charge is 0.508 e. The number of aryl methyl sites for hydroxylation is 1. The van der Waals surface area contributed by atoms with Crippen LogP contribution in [0.3, 0.4) is 0 Å². The van der Waals surface area contributed by atoms with Gasteiger partial charge in [0.05, 0.1) is 18.2 Å². The number of ketones is 2. The number of hydrogen-bond donors (Lipinski definition) is 5. The van der Waals surface area contributed by atoms with Crippen molar-refractivity contribution in [3.05, 3.63) is 39.7 Å². The quantitative estimate of drug-likeness (QED) is 0.139. The molecule has 3 aliphatic rings. The Balaban J connectivity index is 1.76. The van der Waals surface area contributed by atoms with Crippen LogP contribution in [0.15, 0.2) is 23.0 Å². The molecule has 0 aromatic heterocycles. The molecule has 240 valence electrons. The highest BCUT2D eigenvalue weighted by Crippen LogP contribution is 2.54. The molecule has 0 radical (unpaired) electrons. The van der Waals surface area contributed by atoms with Crippen molar-refractivity contribution in [3.63, 3.8) is 0 Å². The molecular weight excluding hydrogens is 570 g/mol. The lowest BCUT2D eigenvalue weighted by Crippen LogP contribution is -2.65. The van der Waals surface area contributed by atoms with Crippen LogP contribution >= 0.6 is 0 Å². The second kappa shape index (κ2) is 12.6. The molecule has 0 heterocycles. The number of rotatable bonds is 11. The van der Waals surface area contributed by atoms with Crippen molar-refractivity contribution in [2.75, 3.05) is 39.7 Å². The number of benzene rings is 1. The Labute approximate surface area is 256 Å². The molecule has 44 heavy (non-hydrogen) atoms. The van der Waals surface area contributed by atoms with Crippen molar-refractivity contribution in [1.82, 2.24) is 4.90 Å². The van der Waals surface area contributed by atoms with E-state index >= 15 is 0 Å². The monoisotopic (exact) mass is 613 g/mol. The van der Waals surface area contributed by atoms with Crippen LogP contribution in [0.2, 0.25) is 0 Å². The number of aliphatic hydroxyl groups is 3. The molecule has 12 nitrogen and oxygen atoms in total. The van der Waals surface area contributed by atoms with Gasteiger partial charge in [-0.3, -0.25) is 24.1 Å². The van der Waals surface area contributed by atoms with E-state index in [4.69, 9.17) is 10.5 Å². The van der Waals surface area contributed by atoms with Gasteiger partial charge in [-0.05, 0) is 62.9 Å². The van der Waals surface area contributed by atoms with Crippen LogP contribution in [0, 0.1) is 11.8 Å². The molecule has 4 rings (SSSR count). The first-order chi connectivity index (χ1) is 20.7. The summed E-state index contributed by atoms with van der Waals surface area (Å²) in [7, 11) is 6.69. The van der Waals surface area contributed by atoms with Crippen LogP contribution in [0.25, 0.3) is 5.76 Å². The van der Waals surface area contributed by atoms with Crippen LogP contribution in [0.5, 0.6) is 5.75 Å². The number of Topliss-reactive ketones (excluding diaryl/α,β-unsaturated/α-hetero) is 2. The van der Waals surface area contributed by atoms with Gasteiger partial charge in [-0.25, -0.2) is 0 Å². The number of primary amides is 1. The van der Waals surface area contributed by atoms with E-state index in [1.165, 1.54) is 4.90 Å². The minimum atomic E-state index is -2.71. The first-order valence-corrected chi connectivity index (χ1v) is 15.0. The van der Waals surface area contributed by atoms with Crippen LogP contribution in [-0.2, 0) is 36.8 Å². The third-order valence-corrected chi connectivity index (χ3v) is 9.12. The molecule has 1 aromatic rings. The summed E-state index contributed by atoms with van der Waals surface area (Å²) in [6.45, 7) is 2.41. The Morgan fingerprint density at radius 1 is 1.09 bits per heavy atom. The van der Waals surface area contributed by atoms with Gasteiger partial charge in [0.15, 0.2) is 11.4 Å². The summed E-state index contributed by atoms with van der Waals surface area (Å²) in [4.78, 5) is 55.2. The first-order valence-electron chi connectivity index (χ1n) is 15.0. The molecule has 0 bridgehead atoms. The Kier molecular flexibility index (Phi) is 9.46. The molecule has 1 fully saturated rings. The van der Waals surface area contributed by atoms with Gasteiger partial charge in [0.25, 0.3) is 5.91 Å². The van der Waals surface area contributed by atoms with E-state index in [1.807, 2.05) is 0 Å². The molecule has 0 unspecified atom stereocenters. The Morgan fingerprint density at radius 2 is 1.77 bits per heavy atom. The second-order valence-electron chi connectivity index (χ2n) is 12.4. The van der Waals surface area contributed by atoms with Crippen molar-refractivity contribution in [2.24, 2.45) is 17.6 Å². The molecule has 1 saturated carbocycles. The normalized spacial score (nSPS) is 24.7. The lowest BCUT2D eigenvalue weighted by Gasteiger charge is -2.50. The Bertz CT molecular complexity index is 1440. The number of phenols is 1. The van der Waals surface area contributed by atoms with Crippen LogP contribution < -0.4 is 10.6 Å². The molecule has 0 aliphatic heterocycles. The SMILES string of the molecule is CCCCCCOC(=O)CCc1cc(N(C)C)c2c(c1O)C(O)=C1C(=O)[C@]3(O)C(O)=C(C(N)=O)C(=O)[C@H](N(C)C)[C@@H]3C[C@@H]1C2. The molecule has 1 amide bonds. The maximum Gasteiger partial charge on any atom is 0.306 e. The van der Waals surface area contributed by atoms with Gasteiger partial charge in [0.1, 0.15) is 22.8 Å². The van der Waals surface area contributed by atoms with Crippen LogP contribution in [0.1, 0.15) is 62.1 Å². The number of fused-ring (bicyclic) bond motifs is 3. The first kappa shape index (κ1) is 33.0. The molecule has 4 atom stereocenters. The maximum absolute atomic E-state index is 14.1. The number of nitrogens with two attached hydrogens (primary N) is 1.